The lowest BCUT2D eigenvalue weighted by molar-refractivity contribution is -0.0347. The van der Waals surface area contributed by atoms with E-state index >= 15 is 0 Å². The SMILES string of the molecule is C[C@@H]1CN(C)[C@@H](C)C[C@@]1(O)C#CCOc1ccc(Br)cc1. The second-order valence-corrected chi connectivity index (χ2v) is 6.78. The molecule has 114 valence electrons. The Hall–Kier alpha value is -1.02. The van der Waals surface area contributed by atoms with E-state index in [1.165, 1.54) is 0 Å². The first-order chi connectivity index (χ1) is 9.90. The summed E-state index contributed by atoms with van der Waals surface area (Å²) >= 11 is 3.38. The molecular formula is C17H22BrNO2. The summed E-state index contributed by atoms with van der Waals surface area (Å²) in [6.45, 7) is 5.32. The van der Waals surface area contributed by atoms with E-state index < -0.39 is 5.60 Å². The van der Waals surface area contributed by atoms with Crippen molar-refractivity contribution in [1.29, 1.82) is 0 Å². The average molecular weight is 352 g/mol. The van der Waals surface area contributed by atoms with Crippen LogP contribution in [0.25, 0.3) is 0 Å². The highest BCUT2D eigenvalue weighted by Crippen LogP contribution is 2.30. The molecule has 1 saturated heterocycles. The molecule has 2 rings (SSSR count). The summed E-state index contributed by atoms with van der Waals surface area (Å²) in [7, 11) is 2.09. The van der Waals surface area contributed by atoms with E-state index in [1.54, 1.807) is 0 Å². The van der Waals surface area contributed by atoms with Crippen LogP contribution in [0.2, 0.25) is 0 Å². The predicted molar refractivity (Wildman–Crippen MR) is 88.2 cm³/mol. The van der Waals surface area contributed by atoms with Gasteiger partial charge in [-0.1, -0.05) is 34.7 Å². The maximum atomic E-state index is 10.7. The van der Waals surface area contributed by atoms with E-state index in [0.717, 1.165) is 16.8 Å². The van der Waals surface area contributed by atoms with Gasteiger partial charge in [-0.05, 0) is 38.2 Å². The van der Waals surface area contributed by atoms with Gasteiger partial charge in [-0.3, -0.25) is 0 Å². The Kier molecular flexibility index (Phi) is 5.32. The summed E-state index contributed by atoms with van der Waals surface area (Å²) < 4.78 is 6.58. The number of piperidine rings is 1. The van der Waals surface area contributed by atoms with E-state index in [1.807, 2.05) is 31.2 Å². The molecule has 1 aliphatic heterocycles. The molecule has 0 amide bonds. The van der Waals surface area contributed by atoms with Crippen LogP contribution in [0.15, 0.2) is 28.7 Å². The second kappa shape index (κ2) is 6.83. The minimum atomic E-state index is -0.908. The van der Waals surface area contributed by atoms with Crippen LogP contribution in [0.3, 0.4) is 0 Å². The summed E-state index contributed by atoms with van der Waals surface area (Å²) in [6, 6.07) is 7.98. The van der Waals surface area contributed by atoms with Crippen molar-refractivity contribution in [3.05, 3.63) is 28.7 Å². The minimum absolute atomic E-state index is 0.138. The molecule has 4 heteroatoms. The zero-order valence-electron chi connectivity index (χ0n) is 12.8. The number of ether oxygens (including phenoxy) is 1. The number of hydrogen-bond donors (Lipinski definition) is 1. The van der Waals surface area contributed by atoms with Gasteiger partial charge < -0.3 is 14.7 Å². The third kappa shape index (κ3) is 4.23. The van der Waals surface area contributed by atoms with Gasteiger partial charge in [-0.15, -0.1) is 0 Å². The van der Waals surface area contributed by atoms with Gasteiger partial charge in [0.05, 0.1) is 0 Å². The van der Waals surface area contributed by atoms with Crippen LogP contribution in [0.4, 0.5) is 0 Å². The number of benzene rings is 1. The van der Waals surface area contributed by atoms with Crippen LogP contribution in [-0.2, 0) is 0 Å². The van der Waals surface area contributed by atoms with E-state index in [2.05, 4.69) is 46.6 Å². The molecule has 0 aromatic heterocycles. The highest BCUT2D eigenvalue weighted by atomic mass is 79.9. The van der Waals surface area contributed by atoms with Crippen molar-refractivity contribution >= 4 is 15.9 Å². The Labute approximate surface area is 135 Å². The van der Waals surface area contributed by atoms with E-state index in [-0.39, 0.29) is 5.92 Å². The van der Waals surface area contributed by atoms with Gasteiger partial charge in [0.15, 0.2) is 0 Å². The molecule has 3 atom stereocenters. The summed E-state index contributed by atoms with van der Waals surface area (Å²) in [5, 5.41) is 10.7. The molecule has 1 aliphatic rings. The van der Waals surface area contributed by atoms with Crippen molar-refractivity contribution in [3.8, 4) is 17.6 Å². The quantitative estimate of drug-likeness (QED) is 0.831. The Bertz CT molecular complexity index is 534. The number of nitrogens with zero attached hydrogens (tertiary/aromatic N) is 1. The summed E-state index contributed by atoms with van der Waals surface area (Å²) in [4.78, 5) is 2.26. The highest BCUT2D eigenvalue weighted by Gasteiger charge is 2.39. The van der Waals surface area contributed by atoms with Crippen LogP contribution < -0.4 is 4.74 Å². The summed E-state index contributed by atoms with van der Waals surface area (Å²) in [5.74, 6) is 6.92. The number of rotatable bonds is 2. The Morgan fingerprint density at radius 1 is 1.38 bits per heavy atom. The van der Waals surface area contributed by atoms with Crippen molar-refractivity contribution in [2.75, 3.05) is 20.2 Å². The standard InChI is InChI=1S/C17H22BrNO2/c1-13-12-19(3)14(2)11-17(13,20)9-4-10-21-16-7-5-15(18)6-8-16/h5-8,13-14,20H,10-12H2,1-3H3/t13-,14+,17+/m1/s1. The minimum Gasteiger partial charge on any atom is -0.481 e. The Balaban J connectivity index is 1.93. The lowest BCUT2D eigenvalue weighted by atomic mass is 9.80. The van der Waals surface area contributed by atoms with E-state index in [9.17, 15) is 5.11 Å². The lowest BCUT2D eigenvalue weighted by Crippen LogP contribution is -2.52. The molecular weight excluding hydrogens is 330 g/mol. The van der Waals surface area contributed by atoms with Crippen molar-refractivity contribution < 1.29 is 9.84 Å². The molecule has 1 aromatic rings. The molecule has 21 heavy (non-hydrogen) atoms. The van der Waals surface area contributed by atoms with Crippen molar-refractivity contribution in [3.63, 3.8) is 0 Å². The molecule has 0 unspecified atom stereocenters. The summed E-state index contributed by atoms with van der Waals surface area (Å²) in [5.41, 5.74) is -0.908. The fraction of sp³-hybridized carbons (Fsp3) is 0.529. The highest BCUT2D eigenvalue weighted by molar-refractivity contribution is 9.10. The predicted octanol–water partition coefficient (Wildman–Crippen LogP) is 2.92. The maximum absolute atomic E-state index is 10.7. The molecule has 1 fully saturated rings. The van der Waals surface area contributed by atoms with Crippen LogP contribution in [0.1, 0.15) is 20.3 Å². The second-order valence-electron chi connectivity index (χ2n) is 5.86. The summed E-state index contributed by atoms with van der Waals surface area (Å²) in [6.07, 6.45) is 0.677. The molecule has 1 N–H and O–H groups in total. The first-order valence-electron chi connectivity index (χ1n) is 7.22. The van der Waals surface area contributed by atoms with Crippen LogP contribution in [-0.4, -0.2) is 41.8 Å². The molecule has 0 saturated carbocycles. The zero-order chi connectivity index (χ0) is 15.5. The molecule has 1 aromatic carbocycles. The van der Waals surface area contributed by atoms with Gasteiger partial charge in [-0.2, -0.15) is 0 Å². The van der Waals surface area contributed by atoms with Gasteiger partial charge in [0.25, 0.3) is 0 Å². The zero-order valence-corrected chi connectivity index (χ0v) is 14.4. The number of likely N-dealkylation sites (tertiary alicyclic amines) is 1. The lowest BCUT2D eigenvalue weighted by Gasteiger charge is -2.42. The Morgan fingerprint density at radius 2 is 2.05 bits per heavy atom. The fourth-order valence-electron chi connectivity index (χ4n) is 2.58. The maximum Gasteiger partial charge on any atom is 0.149 e. The first-order valence-corrected chi connectivity index (χ1v) is 8.01. The van der Waals surface area contributed by atoms with E-state index in [0.29, 0.717) is 19.1 Å². The molecule has 0 radical (unpaired) electrons. The van der Waals surface area contributed by atoms with Gasteiger partial charge in [0.1, 0.15) is 18.0 Å². The van der Waals surface area contributed by atoms with Crippen LogP contribution >= 0.6 is 15.9 Å². The number of aliphatic hydroxyl groups is 1. The van der Waals surface area contributed by atoms with Gasteiger partial charge in [0.2, 0.25) is 0 Å². The molecule has 0 spiro atoms. The first kappa shape index (κ1) is 16.4. The topological polar surface area (TPSA) is 32.7 Å². The third-order valence-electron chi connectivity index (χ3n) is 4.17. The van der Waals surface area contributed by atoms with Gasteiger partial charge in [0, 0.05) is 29.4 Å². The van der Waals surface area contributed by atoms with Gasteiger partial charge >= 0.3 is 0 Å². The normalized spacial score (nSPS) is 29.6. The van der Waals surface area contributed by atoms with Crippen molar-refractivity contribution in [2.45, 2.75) is 31.9 Å². The largest absolute Gasteiger partial charge is 0.481 e. The smallest absolute Gasteiger partial charge is 0.149 e. The number of hydrogen-bond acceptors (Lipinski definition) is 3. The van der Waals surface area contributed by atoms with Crippen molar-refractivity contribution in [1.82, 2.24) is 4.90 Å². The monoisotopic (exact) mass is 351 g/mol. The van der Waals surface area contributed by atoms with E-state index in [4.69, 9.17) is 4.74 Å². The van der Waals surface area contributed by atoms with Gasteiger partial charge in [-0.25, -0.2) is 0 Å². The molecule has 3 nitrogen and oxygen atoms in total. The molecule has 0 aliphatic carbocycles. The number of halogens is 1. The average Bonchev–Trinajstić information content (AvgIpc) is 2.44. The molecule has 0 bridgehead atoms. The fourth-order valence-corrected chi connectivity index (χ4v) is 2.85. The molecule has 1 heterocycles. The Morgan fingerprint density at radius 3 is 2.71 bits per heavy atom. The van der Waals surface area contributed by atoms with Crippen LogP contribution in [0, 0.1) is 17.8 Å². The van der Waals surface area contributed by atoms with Crippen molar-refractivity contribution in [2.24, 2.45) is 5.92 Å². The van der Waals surface area contributed by atoms with Crippen LogP contribution in [0.5, 0.6) is 5.75 Å². The third-order valence-corrected chi connectivity index (χ3v) is 4.69.